The third-order valence-corrected chi connectivity index (χ3v) is 10.5. The highest BCUT2D eigenvalue weighted by molar-refractivity contribution is 5.32. The minimum absolute atomic E-state index is 0.0511. The van der Waals surface area contributed by atoms with Gasteiger partial charge in [-0.1, -0.05) is 19.9 Å². The summed E-state index contributed by atoms with van der Waals surface area (Å²) in [5, 5.41) is 11.4. The van der Waals surface area contributed by atoms with Crippen LogP contribution >= 0.6 is 0 Å². The molecule has 9 fully saturated rings. The van der Waals surface area contributed by atoms with Crippen LogP contribution in [0.2, 0.25) is 0 Å². The molecule has 4 saturated heterocycles. The van der Waals surface area contributed by atoms with Crippen molar-refractivity contribution in [1.29, 1.82) is 0 Å². The Hall–Kier alpha value is -0.420. The second kappa shape index (κ2) is 4.42. The van der Waals surface area contributed by atoms with Crippen molar-refractivity contribution >= 4 is 0 Å². The van der Waals surface area contributed by atoms with Crippen molar-refractivity contribution in [2.45, 2.75) is 76.5 Å². The maximum atomic E-state index is 11.4. The Balaban J connectivity index is 1.45. The quantitative estimate of drug-likeness (QED) is 0.677. The summed E-state index contributed by atoms with van der Waals surface area (Å²) in [5.74, 6) is 1.84. The van der Waals surface area contributed by atoms with Crippen LogP contribution in [0.4, 0.5) is 0 Å². The smallest absolute Gasteiger partial charge is 0.119 e. The summed E-state index contributed by atoms with van der Waals surface area (Å²) in [6, 6.07) is 0. The van der Waals surface area contributed by atoms with E-state index < -0.39 is 0 Å². The van der Waals surface area contributed by atoms with Crippen molar-refractivity contribution in [3.8, 4) is 0 Å². The number of ether oxygens (including phenoxy) is 2. The highest BCUT2D eigenvalue weighted by atomic mass is 16.6. The Bertz CT molecular complexity index is 710. The number of fused-ring (bicyclic) bond motifs is 4. The lowest BCUT2D eigenvalue weighted by molar-refractivity contribution is -0.422. The van der Waals surface area contributed by atoms with E-state index in [-0.39, 0.29) is 40.9 Å². The molecule has 4 aliphatic heterocycles. The number of piperidine rings is 1. The SMILES string of the molecule is C=C1[C@H]2CC[C@@]3(C4C[C@@H]5[C@@]6(C)CCC[C@@]5(C(O4)N4CCO[C@H]46)[C@@H]3C2)[C@H]1O. The van der Waals surface area contributed by atoms with E-state index in [0.717, 1.165) is 31.6 Å². The summed E-state index contributed by atoms with van der Waals surface area (Å²) < 4.78 is 13.2. The van der Waals surface area contributed by atoms with Crippen molar-refractivity contribution in [3.05, 3.63) is 12.2 Å². The van der Waals surface area contributed by atoms with Crippen molar-refractivity contribution < 1.29 is 14.6 Å². The first kappa shape index (κ1) is 15.5. The van der Waals surface area contributed by atoms with Crippen molar-refractivity contribution in [2.24, 2.45) is 34.0 Å². The third-order valence-electron chi connectivity index (χ3n) is 10.5. The summed E-state index contributed by atoms with van der Waals surface area (Å²) in [6.07, 6.45) is 8.94. The Kier molecular flexibility index (Phi) is 2.64. The minimum atomic E-state index is -0.345. The van der Waals surface area contributed by atoms with Gasteiger partial charge in [-0.05, 0) is 61.9 Å². The zero-order valence-corrected chi connectivity index (χ0v) is 15.8. The first-order valence-electron chi connectivity index (χ1n) is 10.9. The van der Waals surface area contributed by atoms with Crippen molar-refractivity contribution in [1.82, 2.24) is 4.90 Å². The van der Waals surface area contributed by atoms with Gasteiger partial charge in [0.25, 0.3) is 0 Å². The molecule has 0 radical (unpaired) electrons. The maximum absolute atomic E-state index is 11.4. The van der Waals surface area contributed by atoms with Crippen LogP contribution in [0.3, 0.4) is 0 Å². The Morgan fingerprint density at radius 1 is 1.12 bits per heavy atom. The Morgan fingerprint density at radius 3 is 2.88 bits per heavy atom. The molecule has 9 rings (SSSR count). The molecular formula is C22H31NO3. The van der Waals surface area contributed by atoms with Gasteiger partial charge in [0.1, 0.15) is 12.5 Å². The topological polar surface area (TPSA) is 41.9 Å². The van der Waals surface area contributed by atoms with Crippen LogP contribution < -0.4 is 0 Å². The largest absolute Gasteiger partial charge is 0.388 e. The molecule has 5 aliphatic carbocycles. The van der Waals surface area contributed by atoms with Gasteiger partial charge in [0.05, 0.1) is 18.8 Å². The van der Waals surface area contributed by atoms with Crippen LogP contribution in [-0.4, -0.2) is 47.8 Å². The number of hydrogen-bond donors (Lipinski definition) is 1. The van der Waals surface area contributed by atoms with E-state index in [4.69, 9.17) is 9.47 Å². The van der Waals surface area contributed by atoms with Crippen molar-refractivity contribution in [3.63, 3.8) is 0 Å². The van der Waals surface area contributed by atoms with Gasteiger partial charge in [-0.25, -0.2) is 4.90 Å². The zero-order chi connectivity index (χ0) is 17.5. The van der Waals surface area contributed by atoms with E-state index in [2.05, 4.69) is 18.4 Å². The highest BCUT2D eigenvalue weighted by Crippen LogP contribution is 2.79. The lowest BCUT2D eigenvalue weighted by Crippen LogP contribution is -2.83. The van der Waals surface area contributed by atoms with E-state index in [9.17, 15) is 5.11 Å². The first-order valence-corrected chi connectivity index (χ1v) is 10.9. The van der Waals surface area contributed by atoms with Crippen LogP contribution in [0.5, 0.6) is 0 Å². The molecule has 9 aliphatic rings. The van der Waals surface area contributed by atoms with E-state index in [0.29, 0.717) is 17.8 Å². The predicted octanol–water partition coefficient (Wildman–Crippen LogP) is 2.91. The Labute approximate surface area is 155 Å². The van der Waals surface area contributed by atoms with Gasteiger partial charge in [0.2, 0.25) is 0 Å². The standard InChI is InChI=1S/C22H31NO3/c1-12-13-4-7-22(17(12)24)15(10-13)21-6-3-5-20(2)14(21)11-16(22)26-19(21)23-8-9-25-18(20)23/h13-19,24H,1,3-11H2,2H3/t13-,14+,15-,16?,17-,18-,19?,20+,21-,22+/m0/s1. The fourth-order valence-corrected chi connectivity index (χ4v) is 9.72. The number of hydrogen-bond acceptors (Lipinski definition) is 4. The number of aliphatic hydroxyl groups is 1. The number of rotatable bonds is 0. The molecule has 142 valence electrons. The van der Waals surface area contributed by atoms with Crippen LogP contribution in [0, 0.1) is 34.0 Å². The molecule has 1 N–H and O–H groups in total. The average molecular weight is 357 g/mol. The van der Waals surface area contributed by atoms with Gasteiger partial charge in [-0.15, -0.1) is 0 Å². The number of aliphatic hydroxyl groups excluding tert-OH is 1. The van der Waals surface area contributed by atoms with E-state index in [1.807, 2.05) is 0 Å². The predicted molar refractivity (Wildman–Crippen MR) is 96.0 cm³/mol. The van der Waals surface area contributed by atoms with Crippen LogP contribution in [0.15, 0.2) is 12.2 Å². The van der Waals surface area contributed by atoms with Gasteiger partial charge in [0, 0.05) is 22.8 Å². The fourth-order valence-electron chi connectivity index (χ4n) is 9.72. The van der Waals surface area contributed by atoms with Crippen LogP contribution in [0.1, 0.15) is 51.9 Å². The van der Waals surface area contributed by atoms with Gasteiger partial charge >= 0.3 is 0 Å². The normalized spacial score (nSPS) is 65.2. The molecule has 0 amide bonds. The van der Waals surface area contributed by atoms with Crippen LogP contribution in [-0.2, 0) is 9.47 Å². The third kappa shape index (κ3) is 1.32. The summed E-state index contributed by atoms with van der Waals surface area (Å²) >= 11 is 0. The highest BCUT2D eigenvalue weighted by Gasteiger charge is 2.80. The molecule has 0 aromatic carbocycles. The molecule has 2 spiro atoms. The fraction of sp³-hybridized carbons (Fsp3) is 0.909. The van der Waals surface area contributed by atoms with Crippen LogP contribution in [0.25, 0.3) is 0 Å². The molecule has 4 heterocycles. The number of nitrogens with zero attached hydrogens (tertiary/aromatic N) is 1. The zero-order valence-electron chi connectivity index (χ0n) is 15.8. The lowest BCUT2D eigenvalue weighted by atomic mass is 9.32. The summed E-state index contributed by atoms with van der Waals surface area (Å²) in [7, 11) is 0. The molecular weight excluding hydrogens is 326 g/mol. The van der Waals surface area contributed by atoms with Gasteiger partial charge in [-0.3, -0.25) is 0 Å². The second-order valence-corrected chi connectivity index (χ2v) is 10.8. The van der Waals surface area contributed by atoms with E-state index >= 15 is 0 Å². The molecule has 0 aromatic rings. The lowest BCUT2D eigenvalue weighted by Gasteiger charge is -2.80. The van der Waals surface area contributed by atoms with Crippen molar-refractivity contribution in [2.75, 3.05) is 13.2 Å². The maximum Gasteiger partial charge on any atom is 0.119 e. The molecule has 4 heteroatoms. The van der Waals surface area contributed by atoms with Gasteiger partial charge in [-0.2, -0.15) is 0 Å². The summed E-state index contributed by atoms with van der Waals surface area (Å²) in [5.41, 5.74) is 1.55. The molecule has 10 atom stereocenters. The molecule has 4 nitrogen and oxygen atoms in total. The molecule has 2 unspecified atom stereocenters. The second-order valence-electron chi connectivity index (χ2n) is 10.8. The average Bonchev–Trinajstić information content (AvgIpc) is 3.14. The first-order chi connectivity index (χ1) is 12.5. The molecule has 5 saturated carbocycles. The summed E-state index contributed by atoms with van der Waals surface area (Å²) in [4.78, 5) is 2.60. The minimum Gasteiger partial charge on any atom is -0.388 e. The van der Waals surface area contributed by atoms with Gasteiger partial charge < -0.3 is 14.6 Å². The Morgan fingerprint density at radius 2 is 2.00 bits per heavy atom. The van der Waals surface area contributed by atoms with E-state index in [1.165, 1.54) is 32.1 Å². The monoisotopic (exact) mass is 357 g/mol. The molecule has 7 bridgehead atoms. The van der Waals surface area contributed by atoms with E-state index in [1.54, 1.807) is 0 Å². The molecule has 26 heavy (non-hydrogen) atoms. The summed E-state index contributed by atoms with van der Waals surface area (Å²) in [6.45, 7) is 8.71. The van der Waals surface area contributed by atoms with Gasteiger partial charge in [0.15, 0.2) is 0 Å². The molecule has 0 aromatic heterocycles.